The van der Waals surface area contributed by atoms with Gasteiger partial charge in [-0.15, -0.1) is 11.3 Å². The van der Waals surface area contributed by atoms with E-state index >= 15 is 0 Å². The maximum Gasteiger partial charge on any atom is 0.413 e. The highest BCUT2D eigenvalue weighted by molar-refractivity contribution is 7.80. The molecule has 0 aliphatic carbocycles. The van der Waals surface area contributed by atoms with Gasteiger partial charge in [0.05, 0.1) is 11.6 Å². The first-order valence-corrected chi connectivity index (χ1v) is 12.1. The van der Waals surface area contributed by atoms with Crippen LogP contribution in [0, 0.1) is 0 Å². The molecular weight excluding hydrogens is 444 g/mol. The number of thiocarbonyl (C=S) groups is 1. The molecule has 1 aliphatic rings. The molecular formula is C23H30N4O3S2. The molecule has 3 rings (SSSR count). The first-order valence-electron chi connectivity index (χ1n) is 10.8. The number of amides is 2. The molecule has 2 heterocycles. The van der Waals surface area contributed by atoms with E-state index in [-0.39, 0.29) is 17.2 Å². The molecule has 0 radical (unpaired) electrons. The van der Waals surface area contributed by atoms with Crippen LogP contribution in [0.5, 0.6) is 0 Å². The van der Waals surface area contributed by atoms with Crippen molar-refractivity contribution in [1.29, 1.82) is 0 Å². The van der Waals surface area contributed by atoms with Gasteiger partial charge in [0.2, 0.25) is 0 Å². The van der Waals surface area contributed by atoms with E-state index in [4.69, 9.17) is 17.0 Å². The third-order valence-electron chi connectivity index (χ3n) is 5.35. The summed E-state index contributed by atoms with van der Waals surface area (Å²) in [5.74, 6) is 0.0755. The number of carbonyl (C=O) groups is 2. The lowest BCUT2D eigenvalue weighted by atomic mass is 9.86. The Kier molecular flexibility index (Phi) is 7.84. The molecule has 1 aromatic carbocycles. The summed E-state index contributed by atoms with van der Waals surface area (Å²) in [6, 6.07) is 7.87. The monoisotopic (exact) mass is 474 g/mol. The van der Waals surface area contributed by atoms with Gasteiger partial charge in [0.15, 0.2) is 5.11 Å². The average molecular weight is 475 g/mol. The molecule has 1 aliphatic heterocycles. The lowest BCUT2D eigenvalue weighted by Gasteiger charge is -2.32. The molecule has 9 heteroatoms. The molecule has 0 spiro atoms. The number of piperidine rings is 1. The maximum atomic E-state index is 12.8. The number of benzene rings is 1. The fourth-order valence-corrected chi connectivity index (χ4v) is 4.91. The van der Waals surface area contributed by atoms with Gasteiger partial charge in [0, 0.05) is 30.1 Å². The standard InChI is InChI=1S/C23H30N4O3S2/c1-5-30-22(29)26-21(31)27-12-10-15(11-13-27)20-25-18(14-32-20)19(28)24-17-9-7-6-8-16(17)23(2,3)4/h6-9,14-15H,5,10-13H2,1-4H3,(H,24,28)(H,26,29,31). The molecule has 0 saturated carbocycles. The molecule has 2 N–H and O–H groups in total. The van der Waals surface area contributed by atoms with Crippen LogP contribution < -0.4 is 10.6 Å². The number of nitrogens with one attached hydrogen (secondary N) is 2. The highest BCUT2D eigenvalue weighted by Crippen LogP contribution is 2.32. The molecule has 1 fully saturated rings. The molecule has 1 saturated heterocycles. The topological polar surface area (TPSA) is 83.6 Å². The third kappa shape index (κ3) is 6.04. The van der Waals surface area contributed by atoms with Crippen LogP contribution in [-0.2, 0) is 10.2 Å². The number of alkyl carbamates (subject to hydrolysis) is 1. The number of thiazole rings is 1. The number of hydrogen-bond donors (Lipinski definition) is 2. The van der Waals surface area contributed by atoms with E-state index in [1.165, 1.54) is 11.3 Å². The van der Waals surface area contributed by atoms with Crippen molar-refractivity contribution in [2.75, 3.05) is 25.0 Å². The Bertz CT molecular complexity index is 976. The van der Waals surface area contributed by atoms with Crippen molar-refractivity contribution in [3.05, 3.63) is 45.9 Å². The van der Waals surface area contributed by atoms with E-state index in [1.54, 1.807) is 6.92 Å². The van der Waals surface area contributed by atoms with Crippen molar-refractivity contribution in [3.63, 3.8) is 0 Å². The number of anilines is 1. The first kappa shape index (κ1) is 24.1. The van der Waals surface area contributed by atoms with Crippen molar-refractivity contribution in [1.82, 2.24) is 15.2 Å². The Hall–Kier alpha value is -2.52. The molecule has 1 aromatic heterocycles. The second kappa shape index (κ2) is 10.4. The quantitative estimate of drug-likeness (QED) is 0.613. The van der Waals surface area contributed by atoms with Crippen LogP contribution in [0.4, 0.5) is 10.5 Å². The molecule has 0 atom stereocenters. The van der Waals surface area contributed by atoms with Gasteiger partial charge in [-0.2, -0.15) is 0 Å². The van der Waals surface area contributed by atoms with Crippen LogP contribution >= 0.6 is 23.6 Å². The van der Waals surface area contributed by atoms with Crippen LogP contribution in [0.25, 0.3) is 0 Å². The van der Waals surface area contributed by atoms with Crippen molar-refractivity contribution < 1.29 is 14.3 Å². The van der Waals surface area contributed by atoms with Crippen LogP contribution in [0.2, 0.25) is 0 Å². The smallest absolute Gasteiger partial charge is 0.413 e. The van der Waals surface area contributed by atoms with Gasteiger partial charge in [-0.05, 0) is 49.0 Å². The van der Waals surface area contributed by atoms with Crippen molar-refractivity contribution in [2.45, 2.75) is 51.9 Å². The number of hydrogen-bond acceptors (Lipinski definition) is 6. The number of para-hydroxylation sites is 1. The van der Waals surface area contributed by atoms with Crippen LogP contribution in [0.3, 0.4) is 0 Å². The molecule has 172 valence electrons. The maximum absolute atomic E-state index is 12.8. The molecule has 2 aromatic rings. The van der Waals surface area contributed by atoms with Crippen LogP contribution in [0.15, 0.2) is 29.6 Å². The Morgan fingerprint density at radius 1 is 1.25 bits per heavy atom. The van der Waals surface area contributed by atoms with E-state index in [2.05, 4.69) is 36.4 Å². The zero-order chi connectivity index (χ0) is 23.3. The lowest BCUT2D eigenvalue weighted by molar-refractivity contribution is 0.102. The van der Waals surface area contributed by atoms with Crippen LogP contribution in [-0.4, -0.2) is 46.7 Å². The van der Waals surface area contributed by atoms with Gasteiger partial charge >= 0.3 is 6.09 Å². The number of aromatic nitrogens is 1. The Labute approximate surface area is 198 Å². The summed E-state index contributed by atoms with van der Waals surface area (Å²) in [7, 11) is 0. The molecule has 0 bridgehead atoms. The fourth-order valence-electron chi connectivity index (χ4n) is 3.67. The van der Waals surface area contributed by atoms with E-state index in [9.17, 15) is 9.59 Å². The van der Waals surface area contributed by atoms with Gasteiger partial charge in [-0.25, -0.2) is 9.78 Å². The van der Waals surface area contributed by atoms with E-state index in [1.807, 2.05) is 34.5 Å². The number of carbonyl (C=O) groups excluding carboxylic acids is 2. The Morgan fingerprint density at radius 2 is 1.94 bits per heavy atom. The molecule has 32 heavy (non-hydrogen) atoms. The number of rotatable bonds is 4. The lowest BCUT2D eigenvalue weighted by Crippen LogP contribution is -2.46. The summed E-state index contributed by atoms with van der Waals surface area (Å²) in [4.78, 5) is 31.0. The Balaban J connectivity index is 1.58. The fraction of sp³-hybridized carbons (Fsp3) is 0.478. The summed E-state index contributed by atoms with van der Waals surface area (Å²) in [6.45, 7) is 9.86. The average Bonchev–Trinajstić information content (AvgIpc) is 3.24. The van der Waals surface area contributed by atoms with Crippen LogP contribution in [0.1, 0.15) is 67.5 Å². The SMILES string of the molecule is CCOC(=O)NC(=S)N1CCC(c2nc(C(=O)Nc3ccccc3C(C)(C)C)cs2)CC1. The predicted octanol–water partition coefficient (Wildman–Crippen LogP) is 4.90. The minimum Gasteiger partial charge on any atom is -0.450 e. The van der Waals surface area contributed by atoms with E-state index < -0.39 is 6.09 Å². The zero-order valence-corrected chi connectivity index (χ0v) is 20.6. The second-order valence-electron chi connectivity index (χ2n) is 8.73. The van der Waals surface area contributed by atoms with Gasteiger partial charge in [-0.1, -0.05) is 39.0 Å². The summed E-state index contributed by atoms with van der Waals surface area (Å²) < 4.78 is 4.88. The predicted molar refractivity (Wildman–Crippen MR) is 132 cm³/mol. The summed E-state index contributed by atoms with van der Waals surface area (Å²) >= 11 is 6.82. The highest BCUT2D eigenvalue weighted by Gasteiger charge is 2.26. The number of ether oxygens (including phenoxy) is 1. The minimum absolute atomic E-state index is 0.0756. The van der Waals surface area contributed by atoms with E-state index in [0.717, 1.165) is 42.2 Å². The largest absolute Gasteiger partial charge is 0.450 e. The third-order valence-corrected chi connectivity index (χ3v) is 6.72. The van der Waals surface area contributed by atoms with E-state index in [0.29, 0.717) is 17.4 Å². The zero-order valence-electron chi connectivity index (χ0n) is 18.9. The normalized spacial score (nSPS) is 14.7. The van der Waals surface area contributed by atoms with Crippen molar-refractivity contribution in [3.8, 4) is 0 Å². The van der Waals surface area contributed by atoms with Gasteiger partial charge in [-0.3, -0.25) is 10.1 Å². The molecule has 7 nitrogen and oxygen atoms in total. The summed E-state index contributed by atoms with van der Waals surface area (Å²) in [6.07, 6.45) is 1.18. The Morgan fingerprint density at radius 3 is 2.59 bits per heavy atom. The van der Waals surface area contributed by atoms with Gasteiger partial charge in [0.1, 0.15) is 5.69 Å². The summed E-state index contributed by atoms with van der Waals surface area (Å²) in [5.41, 5.74) is 2.27. The number of likely N-dealkylation sites (tertiary alicyclic amines) is 1. The van der Waals surface area contributed by atoms with Gasteiger partial charge in [0.25, 0.3) is 5.91 Å². The number of nitrogens with zero attached hydrogens (tertiary/aromatic N) is 2. The van der Waals surface area contributed by atoms with Crippen molar-refractivity contribution in [2.24, 2.45) is 0 Å². The minimum atomic E-state index is -0.525. The van der Waals surface area contributed by atoms with Crippen molar-refractivity contribution >= 4 is 46.4 Å². The van der Waals surface area contributed by atoms with Gasteiger partial charge < -0.3 is 15.0 Å². The first-order chi connectivity index (χ1) is 15.2. The second-order valence-corrected chi connectivity index (χ2v) is 10.0. The molecule has 2 amide bonds. The molecule has 0 unspecified atom stereocenters. The summed E-state index contributed by atoms with van der Waals surface area (Å²) in [5, 5.41) is 8.79. The highest BCUT2D eigenvalue weighted by atomic mass is 32.1.